The molecule has 0 saturated heterocycles. The number of hydrogen-bond donors (Lipinski definition) is 0. The quantitative estimate of drug-likeness (QED) is 0.766. The van der Waals surface area contributed by atoms with Gasteiger partial charge >= 0.3 is 0 Å². The van der Waals surface area contributed by atoms with Gasteiger partial charge in [0, 0.05) is 29.5 Å². The predicted octanol–water partition coefficient (Wildman–Crippen LogP) is 4.91. The average Bonchev–Trinajstić information content (AvgIpc) is 2.64. The first-order chi connectivity index (χ1) is 8.99. The molecule has 0 spiro atoms. The van der Waals surface area contributed by atoms with Gasteiger partial charge in [0.25, 0.3) is 0 Å². The molecule has 1 aromatic carbocycles. The molecule has 0 amide bonds. The van der Waals surface area contributed by atoms with Gasteiger partial charge in [0.1, 0.15) is 0 Å². The van der Waals surface area contributed by atoms with E-state index in [1.54, 1.807) is 0 Å². The normalized spacial score (nSPS) is 11.2. The van der Waals surface area contributed by atoms with Crippen molar-refractivity contribution in [1.82, 2.24) is 0 Å². The van der Waals surface area contributed by atoms with Crippen LogP contribution >= 0.6 is 11.3 Å². The van der Waals surface area contributed by atoms with Crippen molar-refractivity contribution in [1.29, 1.82) is 0 Å². The van der Waals surface area contributed by atoms with Crippen molar-refractivity contribution in [3.63, 3.8) is 0 Å². The van der Waals surface area contributed by atoms with E-state index >= 15 is 0 Å². The summed E-state index contributed by atoms with van der Waals surface area (Å²) < 4.78 is 0. The topological polar surface area (TPSA) is 3.24 Å². The zero-order chi connectivity index (χ0) is 14.0. The Morgan fingerprint density at radius 3 is 2.00 bits per heavy atom. The van der Waals surface area contributed by atoms with Crippen molar-refractivity contribution in [2.45, 2.75) is 20.8 Å². The van der Waals surface area contributed by atoms with E-state index < -0.39 is 0 Å². The van der Waals surface area contributed by atoms with Crippen LogP contribution in [0.2, 0.25) is 0 Å². The maximum atomic E-state index is 2.23. The summed E-state index contributed by atoms with van der Waals surface area (Å²) in [5.41, 5.74) is 5.31. The van der Waals surface area contributed by atoms with Crippen LogP contribution in [-0.2, 0) is 0 Å². The number of hydrogen-bond acceptors (Lipinski definition) is 2. The van der Waals surface area contributed by atoms with Crippen molar-refractivity contribution < 1.29 is 0 Å². The van der Waals surface area contributed by atoms with Crippen LogP contribution in [0.15, 0.2) is 24.3 Å². The Hall–Kier alpha value is -1.54. The van der Waals surface area contributed by atoms with E-state index in [1.807, 2.05) is 11.3 Å². The minimum absolute atomic E-state index is 1.23. The Morgan fingerprint density at radius 2 is 1.53 bits per heavy atom. The summed E-state index contributed by atoms with van der Waals surface area (Å²) in [6.07, 6.45) is 4.42. The Balaban J connectivity index is 2.20. The fourth-order valence-corrected chi connectivity index (χ4v) is 3.06. The zero-order valence-corrected chi connectivity index (χ0v) is 13.1. The lowest BCUT2D eigenvalue weighted by Gasteiger charge is -2.11. The Bertz CT molecular complexity index is 588. The fourth-order valence-electron chi connectivity index (χ4n) is 1.98. The van der Waals surface area contributed by atoms with Gasteiger partial charge in [0.05, 0.1) is 0 Å². The Kier molecular flexibility index (Phi) is 4.11. The van der Waals surface area contributed by atoms with E-state index in [0.29, 0.717) is 0 Å². The van der Waals surface area contributed by atoms with E-state index in [1.165, 1.54) is 32.1 Å². The van der Waals surface area contributed by atoms with Gasteiger partial charge in [-0.1, -0.05) is 18.2 Å². The van der Waals surface area contributed by atoms with Crippen LogP contribution in [0.5, 0.6) is 0 Å². The van der Waals surface area contributed by atoms with Gasteiger partial charge in [0.2, 0.25) is 0 Å². The summed E-state index contributed by atoms with van der Waals surface area (Å²) in [5.74, 6) is 0. The number of benzene rings is 1. The number of thiophene rings is 1. The maximum absolute atomic E-state index is 2.23. The fraction of sp³-hybridized carbons (Fsp3) is 0.294. The standard InChI is InChI=1S/C17H21NS/c1-12-13(2)17(19-14(12)3)11-8-15-6-9-16(10-7-15)18(4)5/h6-11H,1-5H3. The zero-order valence-electron chi connectivity index (χ0n) is 12.3. The largest absolute Gasteiger partial charge is 0.378 e. The summed E-state index contributed by atoms with van der Waals surface area (Å²) in [6, 6.07) is 8.62. The lowest BCUT2D eigenvalue weighted by molar-refractivity contribution is 1.13. The van der Waals surface area contributed by atoms with Crippen molar-refractivity contribution in [2.75, 3.05) is 19.0 Å². The Morgan fingerprint density at radius 1 is 0.895 bits per heavy atom. The van der Waals surface area contributed by atoms with E-state index in [-0.39, 0.29) is 0 Å². The first kappa shape index (κ1) is 13.9. The first-order valence-electron chi connectivity index (χ1n) is 6.51. The van der Waals surface area contributed by atoms with Crippen LogP contribution in [-0.4, -0.2) is 14.1 Å². The van der Waals surface area contributed by atoms with Gasteiger partial charge in [-0.15, -0.1) is 11.3 Å². The lowest BCUT2D eigenvalue weighted by Crippen LogP contribution is -2.07. The van der Waals surface area contributed by atoms with Crippen molar-refractivity contribution in [2.24, 2.45) is 0 Å². The average molecular weight is 271 g/mol. The first-order valence-corrected chi connectivity index (χ1v) is 7.32. The Labute approximate surface area is 120 Å². The number of aryl methyl sites for hydroxylation is 1. The van der Waals surface area contributed by atoms with Crippen LogP contribution < -0.4 is 4.90 Å². The van der Waals surface area contributed by atoms with Gasteiger partial charge in [-0.3, -0.25) is 0 Å². The molecule has 0 atom stereocenters. The van der Waals surface area contributed by atoms with E-state index in [4.69, 9.17) is 0 Å². The molecule has 2 heteroatoms. The second kappa shape index (κ2) is 5.62. The smallest absolute Gasteiger partial charge is 0.0361 e. The van der Waals surface area contributed by atoms with E-state index in [9.17, 15) is 0 Å². The van der Waals surface area contributed by atoms with E-state index in [0.717, 1.165) is 0 Å². The molecule has 0 saturated carbocycles. The highest BCUT2D eigenvalue weighted by atomic mass is 32.1. The van der Waals surface area contributed by atoms with Gasteiger partial charge in [-0.05, 0) is 55.7 Å². The van der Waals surface area contributed by atoms with Crippen LogP contribution in [0.25, 0.3) is 12.2 Å². The predicted molar refractivity (Wildman–Crippen MR) is 88.2 cm³/mol. The molecule has 2 aromatic rings. The highest BCUT2D eigenvalue weighted by Gasteiger charge is 2.05. The third-order valence-corrected chi connectivity index (χ3v) is 4.83. The number of anilines is 1. The van der Waals surface area contributed by atoms with Gasteiger partial charge in [-0.25, -0.2) is 0 Å². The summed E-state index contributed by atoms with van der Waals surface area (Å²) in [6.45, 7) is 6.59. The molecule has 0 bridgehead atoms. The molecule has 1 nitrogen and oxygen atoms in total. The van der Waals surface area contributed by atoms with Gasteiger partial charge < -0.3 is 4.90 Å². The van der Waals surface area contributed by atoms with Crippen LogP contribution in [0, 0.1) is 20.8 Å². The van der Waals surface area contributed by atoms with Crippen molar-refractivity contribution >= 4 is 29.2 Å². The summed E-state index contributed by atoms with van der Waals surface area (Å²) in [5, 5.41) is 0. The molecule has 100 valence electrons. The van der Waals surface area contributed by atoms with Crippen molar-refractivity contribution in [3.8, 4) is 0 Å². The highest BCUT2D eigenvalue weighted by Crippen LogP contribution is 2.28. The van der Waals surface area contributed by atoms with Crippen molar-refractivity contribution in [3.05, 3.63) is 50.7 Å². The molecule has 1 aromatic heterocycles. The minimum Gasteiger partial charge on any atom is -0.378 e. The maximum Gasteiger partial charge on any atom is 0.0361 e. The van der Waals surface area contributed by atoms with Crippen LogP contribution in [0.1, 0.15) is 26.4 Å². The molecule has 0 aliphatic heterocycles. The third kappa shape index (κ3) is 3.07. The van der Waals surface area contributed by atoms with Crippen LogP contribution in [0.3, 0.4) is 0 Å². The summed E-state index contributed by atoms with van der Waals surface area (Å²) in [4.78, 5) is 4.90. The third-order valence-electron chi connectivity index (χ3n) is 3.56. The van der Waals surface area contributed by atoms with Gasteiger partial charge in [-0.2, -0.15) is 0 Å². The molecule has 1 heterocycles. The molecule has 0 aliphatic rings. The molecule has 0 fully saturated rings. The molecule has 0 radical (unpaired) electrons. The highest BCUT2D eigenvalue weighted by molar-refractivity contribution is 7.13. The molecule has 0 N–H and O–H groups in total. The molecular formula is C17H21NS. The molecule has 19 heavy (non-hydrogen) atoms. The molecular weight excluding hydrogens is 250 g/mol. The minimum atomic E-state index is 1.23. The summed E-state index contributed by atoms with van der Waals surface area (Å²) in [7, 11) is 4.12. The molecule has 0 aliphatic carbocycles. The SMILES string of the molecule is Cc1sc(C=Cc2ccc(N(C)C)cc2)c(C)c1C. The van der Waals surface area contributed by atoms with Gasteiger partial charge in [0.15, 0.2) is 0 Å². The second-order valence-electron chi connectivity index (χ2n) is 5.09. The number of nitrogens with zero attached hydrogens (tertiary/aromatic N) is 1. The lowest BCUT2D eigenvalue weighted by atomic mass is 10.1. The monoisotopic (exact) mass is 271 g/mol. The van der Waals surface area contributed by atoms with E-state index in [2.05, 4.69) is 76.2 Å². The van der Waals surface area contributed by atoms with Crippen LogP contribution in [0.4, 0.5) is 5.69 Å². The number of rotatable bonds is 3. The molecule has 2 rings (SSSR count). The molecule has 0 unspecified atom stereocenters. The summed E-state index contributed by atoms with van der Waals surface area (Å²) >= 11 is 1.87. The second-order valence-corrected chi connectivity index (χ2v) is 6.35.